The van der Waals surface area contributed by atoms with Crippen LogP contribution in [0, 0.1) is 17.5 Å². The predicted molar refractivity (Wildman–Crippen MR) is 68.7 cm³/mol. The van der Waals surface area contributed by atoms with Crippen LogP contribution in [0.5, 0.6) is 0 Å². The summed E-state index contributed by atoms with van der Waals surface area (Å²) in [5.41, 5.74) is 0.197. The second kappa shape index (κ2) is 5.63. The second-order valence-electron chi connectivity index (χ2n) is 4.01. The molecule has 2 aromatic carbocycles. The number of benzene rings is 2. The summed E-state index contributed by atoms with van der Waals surface area (Å²) in [6.45, 7) is 0. The van der Waals surface area contributed by atoms with Gasteiger partial charge in [0.15, 0.2) is 11.6 Å². The zero-order valence-electron chi connectivity index (χ0n) is 10.1. The molecule has 0 radical (unpaired) electrons. The summed E-state index contributed by atoms with van der Waals surface area (Å²) in [7, 11) is 1.54. The third kappa shape index (κ3) is 2.60. The summed E-state index contributed by atoms with van der Waals surface area (Å²) >= 11 is 5.70. The van der Waals surface area contributed by atoms with Gasteiger partial charge in [-0.25, -0.2) is 13.2 Å². The van der Waals surface area contributed by atoms with Crippen molar-refractivity contribution >= 4 is 11.6 Å². The Bertz CT molecular complexity index is 550. The normalized spacial score (nSPS) is 12.5. The van der Waals surface area contributed by atoms with Gasteiger partial charge >= 0.3 is 0 Å². The number of nitrogens with one attached hydrogen (secondary N) is 1. The lowest BCUT2D eigenvalue weighted by atomic mass is 9.97. The Morgan fingerprint density at radius 2 is 1.53 bits per heavy atom. The first-order chi connectivity index (χ1) is 9.06. The van der Waals surface area contributed by atoms with Gasteiger partial charge in [-0.3, -0.25) is 0 Å². The fourth-order valence-electron chi connectivity index (χ4n) is 1.97. The molecule has 2 aromatic rings. The van der Waals surface area contributed by atoms with Crippen molar-refractivity contribution in [1.82, 2.24) is 5.32 Å². The van der Waals surface area contributed by atoms with Gasteiger partial charge in [-0.15, -0.1) is 0 Å². The summed E-state index contributed by atoms with van der Waals surface area (Å²) in [5.74, 6) is -2.62. The van der Waals surface area contributed by atoms with Crippen molar-refractivity contribution in [3.8, 4) is 0 Å². The van der Waals surface area contributed by atoms with Crippen LogP contribution in [0.4, 0.5) is 13.2 Å². The molecular weight excluding hydrogens is 275 g/mol. The molecule has 1 atom stereocenters. The molecule has 100 valence electrons. The second-order valence-corrected chi connectivity index (χ2v) is 4.41. The molecule has 5 heteroatoms. The Balaban J connectivity index is 2.57. The van der Waals surface area contributed by atoms with Crippen LogP contribution < -0.4 is 5.32 Å². The van der Waals surface area contributed by atoms with Crippen LogP contribution in [0.1, 0.15) is 17.2 Å². The average molecular weight is 286 g/mol. The van der Waals surface area contributed by atoms with E-state index in [1.54, 1.807) is 6.07 Å². The van der Waals surface area contributed by atoms with Crippen molar-refractivity contribution in [2.75, 3.05) is 7.05 Å². The van der Waals surface area contributed by atoms with Crippen LogP contribution in [0.2, 0.25) is 5.02 Å². The van der Waals surface area contributed by atoms with E-state index in [9.17, 15) is 13.2 Å². The Hall–Kier alpha value is -1.52. The molecule has 0 saturated carbocycles. The summed E-state index contributed by atoms with van der Waals surface area (Å²) in [4.78, 5) is 0. The average Bonchev–Trinajstić information content (AvgIpc) is 2.40. The fourth-order valence-corrected chi connectivity index (χ4v) is 2.15. The van der Waals surface area contributed by atoms with Crippen molar-refractivity contribution in [3.63, 3.8) is 0 Å². The minimum atomic E-state index is -0.999. The Labute approximate surface area is 114 Å². The van der Waals surface area contributed by atoms with Crippen molar-refractivity contribution in [2.24, 2.45) is 0 Å². The Morgan fingerprint density at radius 1 is 0.947 bits per heavy atom. The maximum atomic E-state index is 14.0. The van der Waals surface area contributed by atoms with Crippen LogP contribution in [-0.2, 0) is 0 Å². The highest BCUT2D eigenvalue weighted by molar-refractivity contribution is 6.30. The first-order valence-electron chi connectivity index (χ1n) is 5.61. The van der Waals surface area contributed by atoms with E-state index < -0.39 is 23.5 Å². The van der Waals surface area contributed by atoms with Crippen molar-refractivity contribution in [1.29, 1.82) is 0 Å². The summed E-state index contributed by atoms with van der Waals surface area (Å²) < 4.78 is 41.0. The number of halogens is 4. The van der Waals surface area contributed by atoms with Crippen LogP contribution in [-0.4, -0.2) is 7.05 Å². The topological polar surface area (TPSA) is 12.0 Å². The molecule has 1 unspecified atom stereocenters. The molecule has 0 bridgehead atoms. The molecule has 19 heavy (non-hydrogen) atoms. The minimum Gasteiger partial charge on any atom is -0.309 e. The maximum absolute atomic E-state index is 14.0. The van der Waals surface area contributed by atoms with Gasteiger partial charge in [0.2, 0.25) is 0 Å². The molecule has 0 aromatic heterocycles. The van der Waals surface area contributed by atoms with Gasteiger partial charge < -0.3 is 5.32 Å². The zero-order valence-corrected chi connectivity index (χ0v) is 10.8. The highest BCUT2D eigenvalue weighted by Gasteiger charge is 2.22. The van der Waals surface area contributed by atoms with Crippen molar-refractivity contribution in [3.05, 3.63) is 70.0 Å². The lowest BCUT2D eigenvalue weighted by molar-refractivity contribution is 0.483. The fraction of sp³-hybridized carbons (Fsp3) is 0.143. The Morgan fingerprint density at radius 3 is 2.16 bits per heavy atom. The standard InChI is InChI=1S/C14H11ClF3N/c1-19-14(8-4-2-6-10(15)12(8)17)9-5-3-7-11(16)13(9)18/h2-7,14,19H,1H3. The molecule has 0 fully saturated rings. The molecule has 0 aliphatic rings. The summed E-state index contributed by atoms with van der Waals surface area (Å²) in [5, 5.41) is 2.70. The number of hydrogen-bond donors (Lipinski definition) is 1. The highest BCUT2D eigenvalue weighted by Crippen LogP contribution is 2.29. The number of rotatable bonds is 3. The minimum absolute atomic E-state index is 0.0312. The molecule has 1 nitrogen and oxygen atoms in total. The largest absolute Gasteiger partial charge is 0.309 e. The molecule has 1 N–H and O–H groups in total. The van der Waals surface area contributed by atoms with E-state index in [0.717, 1.165) is 6.07 Å². The quantitative estimate of drug-likeness (QED) is 0.896. The van der Waals surface area contributed by atoms with E-state index in [0.29, 0.717) is 0 Å². The third-order valence-electron chi connectivity index (χ3n) is 2.87. The van der Waals surface area contributed by atoms with Gasteiger partial charge in [0.1, 0.15) is 5.82 Å². The Kier molecular flexibility index (Phi) is 4.12. The third-order valence-corrected chi connectivity index (χ3v) is 3.17. The van der Waals surface area contributed by atoms with Crippen LogP contribution in [0.3, 0.4) is 0 Å². The van der Waals surface area contributed by atoms with Gasteiger partial charge in [-0.05, 0) is 19.2 Å². The lowest BCUT2D eigenvalue weighted by Crippen LogP contribution is -2.20. The van der Waals surface area contributed by atoms with E-state index in [1.165, 1.54) is 31.3 Å². The van der Waals surface area contributed by atoms with Crippen LogP contribution in [0.25, 0.3) is 0 Å². The summed E-state index contributed by atoms with van der Waals surface area (Å²) in [6.07, 6.45) is 0. The smallest absolute Gasteiger partial charge is 0.163 e. The van der Waals surface area contributed by atoms with Crippen molar-refractivity contribution < 1.29 is 13.2 Å². The van der Waals surface area contributed by atoms with Gasteiger partial charge in [0.05, 0.1) is 11.1 Å². The SMILES string of the molecule is CNC(c1cccc(F)c1F)c1cccc(Cl)c1F. The van der Waals surface area contributed by atoms with Crippen molar-refractivity contribution in [2.45, 2.75) is 6.04 Å². The van der Waals surface area contributed by atoms with Crippen LogP contribution >= 0.6 is 11.6 Å². The molecule has 0 spiro atoms. The summed E-state index contributed by atoms with van der Waals surface area (Å²) in [6, 6.07) is 7.42. The van der Waals surface area contributed by atoms with E-state index in [1.807, 2.05) is 0 Å². The molecule has 0 saturated heterocycles. The number of hydrogen-bond acceptors (Lipinski definition) is 1. The van der Waals surface area contributed by atoms with Gasteiger partial charge in [-0.1, -0.05) is 35.9 Å². The van der Waals surface area contributed by atoms with Gasteiger partial charge in [0, 0.05) is 11.1 Å². The molecule has 0 heterocycles. The monoisotopic (exact) mass is 285 g/mol. The van der Waals surface area contributed by atoms with E-state index in [4.69, 9.17) is 11.6 Å². The lowest BCUT2D eigenvalue weighted by Gasteiger charge is -2.19. The molecule has 2 rings (SSSR count). The maximum Gasteiger partial charge on any atom is 0.163 e. The zero-order chi connectivity index (χ0) is 14.0. The molecule has 0 aliphatic carbocycles. The first kappa shape index (κ1) is 13.9. The first-order valence-corrected chi connectivity index (χ1v) is 5.99. The molecule has 0 aliphatic heterocycles. The van der Waals surface area contributed by atoms with Crippen LogP contribution in [0.15, 0.2) is 36.4 Å². The highest BCUT2D eigenvalue weighted by atomic mass is 35.5. The van der Waals surface area contributed by atoms with Gasteiger partial charge in [-0.2, -0.15) is 0 Å². The molecule has 0 amide bonds. The predicted octanol–water partition coefficient (Wildman–Crippen LogP) is 4.07. The van der Waals surface area contributed by atoms with E-state index >= 15 is 0 Å². The van der Waals surface area contributed by atoms with E-state index in [-0.39, 0.29) is 16.1 Å². The van der Waals surface area contributed by atoms with E-state index in [2.05, 4.69) is 5.32 Å². The molecular formula is C14H11ClF3N. The van der Waals surface area contributed by atoms with Gasteiger partial charge in [0.25, 0.3) is 0 Å².